The molecule has 0 radical (unpaired) electrons. The highest BCUT2D eigenvalue weighted by Gasteiger charge is 2.13. The molecule has 1 aromatic heterocycles. The molecule has 0 saturated heterocycles. The molecule has 15 heavy (non-hydrogen) atoms. The average molecular weight is 205 g/mol. The number of anilines is 1. The van der Waals surface area contributed by atoms with Crippen LogP contribution < -0.4 is 15.2 Å². The normalized spacial score (nSPS) is 15.2. The molecule has 1 aliphatic rings. The summed E-state index contributed by atoms with van der Waals surface area (Å²) in [6.45, 7) is 1.36. The molecule has 3 N–H and O–H groups in total. The quantitative estimate of drug-likeness (QED) is 0.680. The first-order chi connectivity index (χ1) is 7.33. The van der Waals surface area contributed by atoms with Gasteiger partial charge in [0.15, 0.2) is 17.4 Å². The Balaban J connectivity index is 2.19. The number of benzene rings is 1. The number of hydrogen-bond donors (Lipinski definition) is 2. The third-order valence-electron chi connectivity index (χ3n) is 2.37. The summed E-state index contributed by atoms with van der Waals surface area (Å²) in [5, 5.41) is 0. The fourth-order valence-electron chi connectivity index (χ4n) is 1.69. The number of aromatic amines is 1. The lowest BCUT2D eigenvalue weighted by atomic mass is 10.3. The van der Waals surface area contributed by atoms with Crippen molar-refractivity contribution in [2.24, 2.45) is 0 Å². The van der Waals surface area contributed by atoms with Crippen LogP contribution in [0.2, 0.25) is 0 Å². The Kier molecular flexibility index (Phi) is 1.71. The number of nitrogens with one attached hydrogen (secondary N) is 1. The molecule has 78 valence electrons. The molecule has 0 aliphatic carbocycles. The summed E-state index contributed by atoms with van der Waals surface area (Å²) < 4.78 is 11.1. The number of nitrogens with zero attached hydrogens (tertiary/aromatic N) is 1. The molecule has 2 aromatic rings. The summed E-state index contributed by atoms with van der Waals surface area (Å²) in [4.78, 5) is 7.10. The van der Waals surface area contributed by atoms with Crippen LogP contribution in [-0.4, -0.2) is 23.2 Å². The molecule has 0 unspecified atom stereocenters. The number of rotatable bonds is 0. The molecule has 5 nitrogen and oxygen atoms in total. The van der Waals surface area contributed by atoms with Gasteiger partial charge in [-0.25, -0.2) is 4.98 Å². The average Bonchev–Trinajstić information content (AvgIpc) is 2.44. The van der Waals surface area contributed by atoms with Crippen molar-refractivity contribution in [3.63, 3.8) is 0 Å². The lowest BCUT2D eigenvalue weighted by molar-refractivity contribution is 0.297. The van der Waals surface area contributed by atoms with Crippen LogP contribution in [0.15, 0.2) is 12.1 Å². The van der Waals surface area contributed by atoms with Crippen LogP contribution in [0, 0.1) is 0 Å². The van der Waals surface area contributed by atoms with Crippen molar-refractivity contribution in [2.75, 3.05) is 18.9 Å². The molecule has 0 saturated carbocycles. The van der Waals surface area contributed by atoms with E-state index in [9.17, 15) is 0 Å². The third-order valence-corrected chi connectivity index (χ3v) is 2.37. The monoisotopic (exact) mass is 205 g/mol. The molecule has 0 spiro atoms. The minimum absolute atomic E-state index is 0.408. The smallest absolute Gasteiger partial charge is 0.198 e. The van der Waals surface area contributed by atoms with Gasteiger partial charge in [0.25, 0.3) is 0 Å². The standard InChI is InChI=1S/C10H11N3O2/c11-10-12-6-4-8-9(5-7(6)13-10)15-3-1-2-14-8/h4-5H,1-3H2,(H3,11,12,13). The number of hydrogen-bond acceptors (Lipinski definition) is 4. The molecule has 3 rings (SSSR count). The molecular formula is C10H11N3O2. The first-order valence-electron chi connectivity index (χ1n) is 4.88. The van der Waals surface area contributed by atoms with Gasteiger partial charge in [0.05, 0.1) is 24.2 Å². The maximum absolute atomic E-state index is 5.57. The second-order valence-corrected chi connectivity index (χ2v) is 3.49. The number of ether oxygens (including phenoxy) is 2. The SMILES string of the molecule is Nc1nc2cc3c(cc2[nH]1)OCCCO3. The van der Waals surface area contributed by atoms with Crippen molar-refractivity contribution in [3.05, 3.63) is 12.1 Å². The van der Waals surface area contributed by atoms with E-state index < -0.39 is 0 Å². The van der Waals surface area contributed by atoms with Crippen molar-refractivity contribution in [3.8, 4) is 11.5 Å². The topological polar surface area (TPSA) is 73.2 Å². The van der Waals surface area contributed by atoms with Gasteiger partial charge in [0, 0.05) is 18.6 Å². The van der Waals surface area contributed by atoms with E-state index in [2.05, 4.69) is 9.97 Å². The number of nitrogens with two attached hydrogens (primary N) is 1. The summed E-state index contributed by atoms with van der Waals surface area (Å²) in [6, 6.07) is 3.72. The first kappa shape index (κ1) is 8.40. The highest BCUT2D eigenvalue weighted by Crippen LogP contribution is 2.33. The minimum atomic E-state index is 0.408. The lowest BCUT2D eigenvalue weighted by Crippen LogP contribution is -1.97. The second-order valence-electron chi connectivity index (χ2n) is 3.49. The number of H-pyrrole nitrogens is 1. The van der Waals surface area contributed by atoms with Gasteiger partial charge in [0.2, 0.25) is 0 Å². The molecule has 0 amide bonds. The van der Waals surface area contributed by atoms with Gasteiger partial charge in [-0.1, -0.05) is 0 Å². The first-order valence-corrected chi connectivity index (χ1v) is 4.88. The predicted molar refractivity (Wildman–Crippen MR) is 56.1 cm³/mol. The Morgan fingerprint density at radius 1 is 1.20 bits per heavy atom. The zero-order valence-electron chi connectivity index (χ0n) is 8.12. The van der Waals surface area contributed by atoms with E-state index >= 15 is 0 Å². The van der Waals surface area contributed by atoms with E-state index in [1.807, 2.05) is 12.1 Å². The van der Waals surface area contributed by atoms with Crippen LogP contribution >= 0.6 is 0 Å². The van der Waals surface area contributed by atoms with E-state index in [-0.39, 0.29) is 0 Å². The van der Waals surface area contributed by atoms with Crippen molar-refractivity contribution in [1.29, 1.82) is 0 Å². The number of fused-ring (bicyclic) bond motifs is 2. The van der Waals surface area contributed by atoms with E-state index in [0.717, 1.165) is 29.0 Å². The van der Waals surface area contributed by atoms with Crippen molar-refractivity contribution < 1.29 is 9.47 Å². The Morgan fingerprint density at radius 2 is 1.93 bits per heavy atom. The van der Waals surface area contributed by atoms with E-state index in [1.165, 1.54) is 0 Å². The minimum Gasteiger partial charge on any atom is -0.489 e. The van der Waals surface area contributed by atoms with E-state index in [1.54, 1.807) is 0 Å². The van der Waals surface area contributed by atoms with Crippen LogP contribution in [0.3, 0.4) is 0 Å². The fraction of sp³-hybridized carbons (Fsp3) is 0.300. The van der Waals surface area contributed by atoms with Crippen molar-refractivity contribution in [2.45, 2.75) is 6.42 Å². The molecule has 2 heterocycles. The summed E-state index contributed by atoms with van der Waals surface area (Å²) in [5.74, 6) is 1.90. The molecule has 0 atom stereocenters. The summed E-state index contributed by atoms with van der Waals surface area (Å²) in [5.41, 5.74) is 7.25. The maximum Gasteiger partial charge on any atom is 0.198 e. The summed E-state index contributed by atoms with van der Waals surface area (Å²) in [6.07, 6.45) is 0.901. The van der Waals surface area contributed by atoms with Crippen LogP contribution in [0.1, 0.15) is 6.42 Å². The molecule has 5 heteroatoms. The molecule has 0 bridgehead atoms. The van der Waals surface area contributed by atoms with Gasteiger partial charge in [-0.3, -0.25) is 0 Å². The highest BCUT2D eigenvalue weighted by molar-refractivity contribution is 5.81. The zero-order valence-corrected chi connectivity index (χ0v) is 8.12. The van der Waals surface area contributed by atoms with Gasteiger partial charge in [-0.15, -0.1) is 0 Å². The van der Waals surface area contributed by atoms with Crippen molar-refractivity contribution in [1.82, 2.24) is 9.97 Å². The van der Waals surface area contributed by atoms with Crippen LogP contribution in [-0.2, 0) is 0 Å². The van der Waals surface area contributed by atoms with Gasteiger partial charge in [0.1, 0.15) is 0 Å². The Bertz CT molecular complexity index is 464. The largest absolute Gasteiger partial charge is 0.489 e. The lowest BCUT2D eigenvalue weighted by Gasteiger charge is -2.05. The predicted octanol–water partition coefficient (Wildman–Crippen LogP) is 1.31. The van der Waals surface area contributed by atoms with E-state index in [0.29, 0.717) is 19.2 Å². The molecular weight excluding hydrogens is 194 g/mol. The van der Waals surface area contributed by atoms with E-state index in [4.69, 9.17) is 15.2 Å². The second kappa shape index (κ2) is 3.05. The fourth-order valence-corrected chi connectivity index (χ4v) is 1.69. The molecule has 0 fully saturated rings. The van der Waals surface area contributed by atoms with Crippen LogP contribution in [0.4, 0.5) is 5.95 Å². The maximum atomic E-state index is 5.57. The number of imidazole rings is 1. The Morgan fingerprint density at radius 3 is 2.73 bits per heavy atom. The Labute approximate surface area is 86.2 Å². The Hall–Kier alpha value is -1.91. The van der Waals surface area contributed by atoms with Gasteiger partial charge >= 0.3 is 0 Å². The van der Waals surface area contributed by atoms with Crippen LogP contribution in [0.5, 0.6) is 11.5 Å². The summed E-state index contributed by atoms with van der Waals surface area (Å²) >= 11 is 0. The van der Waals surface area contributed by atoms with Gasteiger partial charge in [-0.05, 0) is 0 Å². The number of nitrogen functional groups attached to an aromatic ring is 1. The zero-order chi connectivity index (χ0) is 10.3. The summed E-state index contributed by atoms with van der Waals surface area (Å²) in [7, 11) is 0. The molecule has 1 aliphatic heterocycles. The molecule has 1 aromatic carbocycles. The van der Waals surface area contributed by atoms with Gasteiger partial charge < -0.3 is 20.2 Å². The third kappa shape index (κ3) is 1.36. The number of aromatic nitrogens is 2. The van der Waals surface area contributed by atoms with Crippen LogP contribution in [0.25, 0.3) is 11.0 Å². The van der Waals surface area contributed by atoms with Crippen molar-refractivity contribution >= 4 is 17.0 Å². The highest BCUT2D eigenvalue weighted by atomic mass is 16.5. The van der Waals surface area contributed by atoms with Gasteiger partial charge in [-0.2, -0.15) is 0 Å².